The Balaban J connectivity index is 3.20. The molecule has 0 spiro atoms. The molecule has 0 saturated heterocycles. The Hall–Kier alpha value is -0.720. The second kappa shape index (κ2) is 4.50. The van der Waals surface area contributed by atoms with Crippen LogP contribution in [0.1, 0.15) is 5.56 Å². The number of benzene rings is 1. The van der Waals surface area contributed by atoms with Crippen LogP contribution in [-0.4, -0.2) is 10.4 Å². The maximum Gasteiger partial charge on any atom is 0.167 e. The first-order valence-corrected chi connectivity index (χ1v) is 4.88. The molecule has 1 N–H and O–H groups in total. The highest BCUT2D eigenvalue weighted by Gasteiger charge is 2.06. The van der Waals surface area contributed by atoms with E-state index in [1.807, 2.05) is 0 Å². The van der Waals surface area contributed by atoms with Crippen LogP contribution in [0.15, 0.2) is 12.1 Å². The smallest absolute Gasteiger partial charge is 0.167 e. The first-order valence-electron chi connectivity index (χ1n) is 3.38. The molecule has 0 aliphatic carbocycles. The van der Waals surface area contributed by atoms with Crippen LogP contribution in [0.3, 0.4) is 0 Å². The number of phenolic OH excluding ortho intramolecular Hbond substituents is 1. The quantitative estimate of drug-likeness (QED) is 0.564. The van der Waals surface area contributed by atoms with Gasteiger partial charge in [0, 0.05) is 5.02 Å². The lowest BCUT2D eigenvalue weighted by Crippen LogP contribution is -1.82. The van der Waals surface area contributed by atoms with Crippen LogP contribution >= 0.6 is 27.5 Å². The fourth-order valence-electron chi connectivity index (χ4n) is 0.790. The normalized spacial score (nSPS) is 9.15. The van der Waals surface area contributed by atoms with E-state index in [9.17, 15) is 9.50 Å². The van der Waals surface area contributed by atoms with Gasteiger partial charge in [-0.05, 0) is 12.1 Å². The lowest BCUT2D eigenvalue weighted by atomic mass is 10.2. The van der Waals surface area contributed by atoms with Crippen LogP contribution < -0.4 is 0 Å². The molecular weight excluding hydrogens is 258 g/mol. The Morgan fingerprint density at radius 2 is 2.23 bits per heavy atom. The van der Waals surface area contributed by atoms with E-state index < -0.39 is 11.6 Å². The summed E-state index contributed by atoms with van der Waals surface area (Å²) in [5.74, 6) is 4.00. The molecule has 0 radical (unpaired) electrons. The number of hydrogen-bond acceptors (Lipinski definition) is 1. The molecule has 0 unspecified atom stereocenters. The molecule has 0 amide bonds. The monoisotopic (exact) mass is 262 g/mol. The van der Waals surface area contributed by atoms with E-state index in [1.165, 1.54) is 6.07 Å². The van der Waals surface area contributed by atoms with Gasteiger partial charge in [-0.1, -0.05) is 39.4 Å². The summed E-state index contributed by atoms with van der Waals surface area (Å²) >= 11 is 8.66. The Bertz CT molecular complexity index is 381. The number of rotatable bonds is 0. The van der Waals surface area contributed by atoms with E-state index >= 15 is 0 Å². The molecule has 13 heavy (non-hydrogen) atoms. The summed E-state index contributed by atoms with van der Waals surface area (Å²) in [5, 5.41) is 9.87. The van der Waals surface area contributed by atoms with Gasteiger partial charge in [0.2, 0.25) is 0 Å². The number of aromatic hydroxyl groups is 1. The van der Waals surface area contributed by atoms with Crippen molar-refractivity contribution in [1.29, 1.82) is 0 Å². The van der Waals surface area contributed by atoms with Crippen molar-refractivity contribution in [2.75, 3.05) is 5.33 Å². The lowest BCUT2D eigenvalue weighted by molar-refractivity contribution is 0.431. The van der Waals surface area contributed by atoms with Crippen molar-refractivity contribution in [3.8, 4) is 17.6 Å². The third-order valence-corrected chi connectivity index (χ3v) is 1.82. The Labute approximate surface area is 88.7 Å². The minimum atomic E-state index is -0.758. The van der Waals surface area contributed by atoms with Crippen LogP contribution in [0.5, 0.6) is 5.75 Å². The fourth-order valence-corrected chi connectivity index (χ4v) is 1.13. The van der Waals surface area contributed by atoms with Crippen LogP contribution in [-0.2, 0) is 0 Å². The van der Waals surface area contributed by atoms with Gasteiger partial charge in [0.25, 0.3) is 0 Å². The van der Waals surface area contributed by atoms with Crippen LogP contribution in [0, 0.1) is 17.7 Å². The lowest BCUT2D eigenvalue weighted by Gasteiger charge is -1.98. The summed E-state index contributed by atoms with van der Waals surface area (Å²) < 4.78 is 12.9. The second-order valence-corrected chi connectivity index (χ2v) is 3.22. The topological polar surface area (TPSA) is 20.2 Å². The molecule has 0 aliphatic rings. The van der Waals surface area contributed by atoms with Crippen molar-refractivity contribution in [1.82, 2.24) is 0 Å². The first kappa shape index (κ1) is 10.4. The van der Waals surface area contributed by atoms with Crippen LogP contribution in [0.25, 0.3) is 0 Å². The predicted molar refractivity (Wildman–Crippen MR) is 53.7 cm³/mol. The molecule has 1 rings (SSSR count). The van der Waals surface area contributed by atoms with E-state index in [-0.39, 0.29) is 10.6 Å². The van der Waals surface area contributed by atoms with Gasteiger partial charge < -0.3 is 5.11 Å². The first-order chi connectivity index (χ1) is 6.15. The zero-order valence-electron chi connectivity index (χ0n) is 6.44. The van der Waals surface area contributed by atoms with Gasteiger partial charge in [0.05, 0.1) is 10.9 Å². The van der Waals surface area contributed by atoms with Gasteiger partial charge in [-0.25, -0.2) is 4.39 Å². The van der Waals surface area contributed by atoms with Crippen molar-refractivity contribution in [3.63, 3.8) is 0 Å². The molecule has 1 nitrogen and oxygen atoms in total. The van der Waals surface area contributed by atoms with Gasteiger partial charge >= 0.3 is 0 Å². The molecule has 0 atom stereocenters. The van der Waals surface area contributed by atoms with Crippen molar-refractivity contribution in [3.05, 3.63) is 28.5 Å². The molecule has 0 fully saturated rings. The zero-order chi connectivity index (χ0) is 9.84. The summed E-state index contributed by atoms with van der Waals surface area (Å²) in [6.07, 6.45) is 0. The Morgan fingerprint density at radius 1 is 1.54 bits per heavy atom. The summed E-state index contributed by atoms with van der Waals surface area (Å²) in [4.78, 5) is 0. The van der Waals surface area contributed by atoms with E-state index in [0.29, 0.717) is 5.33 Å². The molecule has 1 aromatic carbocycles. The average Bonchev–Trinajstić information content (AvgIpc) is 2.09. The minimum Gasteiger partial charge on any atom is -0.504 e. The molecule has 4 heteroatoms. The van der Waals surface area contributed by atoms with E-state index in [0.717, 1.165) is 6.07 Å². The Kier molecular flexibility index (Phi) is 3.58. The van der Waals surface area contributed by atoms with Crippen molar-refractivity contribution >= 4 is 27.5 Å². The summed E-state index contributed by atoms with van der Waals surface area (Å²) in [5.41, 5.74) is 0.199. The van der Waals surface area contributed by atoms with Gasteiger partial charge in [-0.15, -0.1) is 0 Å². The van der Waals surface area contributed by atoms with Gasteiger partial charge in [0.15, 0.2) is 11.6 Å². The zero-order valence-corrected chi connectivity index (χ0v) is 8.78. The molecule has 0 bridgehead atoms. The van der Waals surface area contributed by atoms with E-state index in [1.54, 1.807) is 0 Å². The maximum absolute atomic E-state index is 12.9. The van der Waals surface area contributed by atoms with Crippen molar-refractivity contribution < 1.29 is 9.50 Å². The van der Waals surface area contributed by atoms with Gasteiger partial charge in [0.1, 0.15) is 0 Å². The summed E-state index contributed by atoms with van der Waals surface area (Å²) in [6.45, 7) is 0. The van der Waals surface area contributed by atoms with Crippen LogP contribution in [0.2, 0.25) is 5.02 Å². The standard InChI is InChI=1S/C9H5BrClFO/c10-3-1-2-6-4-7(11)5-8(12)9(6)13/h4-5,13H,3H2. The van der Waals surface area contributed by atoms with Gasteiger partial charge in [-0.3, -0.25) is 0 Å². The van der Waals surface area contributed by atoms with E-state index in [2.05, 4.69) is 27.8 Å². The fraction of sp³-hybridized carbons (Fsp3) is 0.111. The highest BCUT2D eigenvalue weighted by Crippen LogP contribution is 2.24. The highest BCUT2D eigenvalue weighted by molar-refractivity contribution is 9.09. The van der Waals surface area contributed by atoms with Crippen molar-refractivity contribution in [2.24, 2.45) is 0 Å². The molecule has 0 aromatic heterocycles. The molecular formula is C9H5BrClFO. The third kappa shape index (κ3) is 2.61. The SMILES string of the molecule is Oc1c(F)cc(Cl)cc1C#CCBr. The van der Waals surface area contributed by atoms with Crippen molar-refractivity contribution in [2.45, 2.75) is 0 Å². The summed E-state index contributed by atoms with van der Waals surface area (Å²) in [7, 11) is 0. The largest absolute Gasteiger partial charge is 0.504 e. The second-order valence-electron chi connectivity index (χ2n) is 2.22. The molecule has 0 heterocycles. The Morgan fingerprint density at radius 3 is 2.85 bits per heavy atom. The number of halogens is 3. The third-order valence-electron chi connectivity index (χ3n) is 1.32. The highest BCUT2D eigenvalue weighted by atomic mass is 79.9. The minimum absolute atomic E-state index is 0.199. The summed E-state index contributed by atoms with van der Waals surface area (Å²) in [6, 6.07) is 2.45. The van der Waals surface area contributed by atoms with E-state index in [4.69, 9.17) is 11.6 Å². The van der Waals surface area contributed by atoms with Gasteiger partial charge in [-0.2, -0.15) is 0 Å². The van der Waals surface area contributed by atoms with Crippen LogP contribution in [0.4, 0.5) is 4.39 Å². The molecule has 1 aromatic rings. The maximum atomic E-state index is 12.9. The predicted octanol–water partition coefficient (Wildman–Crippen LogP) is 2.93. The molecule has 68 valence electrons. The molecule has 0 saturated carbocycles. The number of alkyl halides is 1. The number of phenols is 1. The average molecular weight is 263 g/mol. The molecule has 0 aliphatic heterocycles. The number of hydrogen-bond donors (Lipinski definition) is 1.